The number of sulfonamides is 2. The van der Waals surface area contributed by atoms with Crippen LogP contribution >= 0.6 is 0 Å². The smallest absolute Gasteiger partial charge is 0.244 e. The molecule has 0 bridgehead atoms. The maximum Gasteiger partial charge on any atom is 0.244 e. The van der Waals surface area contributed by atoms with Crippen LogP contribution in [0.2, 0.25) is 0 Å². The molecule has 0 aliphatic rings. The average molecular weight is 323 g/mol. The molecule has 1 rings (SSSR count). The number of benzene rings is 1. The minimum atomic E-state index is -3.90. The van der Waals surface area contributed by atoms with Crippen LogP contribution in [-0.4, -0.2) is 43.3 Å². The summed E-state index contributed by atoms with van der Waals surface area (Å²) in [5, 5.41) is 0. The Labute approximate surface area is 118 Å². The molecule has 0 heterocycles. The second-order valence-electron chi connectivity index (χ2n) is 3.83. The Hall–Kier alpha value is -1.36. The second-order valence-corrected chi connectivity index (χ2v) is 7.61. The lowest BCUT2D eigenvalue weighted by Gasteiger charge is -2.11. The van der Waals surface area contributed by atoms with Gasteiger partial charge in [0, 0.05) is 12.2 Å². The highest BCUT2D eigenvalue weighted by atomic mass is 32.2. The Morgan fingerprint density at radius 2 is 1.90 bits per heavy atom. The fraction of sp³-hybridized carbons (Fsp3) is 0.400. The molecule has 4 N–H and O–H groups in total. The topological polar surface area (TPSA) is 128 Å². The molecule has 0 unspecified atom stereocenters. The Kier molecular flexibility index (Phi) is 5.34. The maximum absolute atomic E-state index is 12.1. The van der Waals surface area contributed by atoms with Gasteiger partial charge in [-0.05, 0) is 25.2 Å². The first-order valence-corrected chi connectivity index (χ1v) is 8.70. The average Bonchev–Trinajstić information content (AvgIpc) is 2.38. The zero-order valence-electron chi connectivity index (χ0n) is 11.1. The quantitative estimate of drug-likeness (QED) is 0.558. The van der Waals surface area contributed by atoms with Crippen molar-refractivity contribution in [3.63, 3.8) is 0 Å². The zero-order valence-corrected chi connectivity index (χ0v) is 12.7. The summed E-state index contributed by atoms with van der Waals surface area (Å²) in [5.41, 5.74) is 5.80. The summed E-state index contributed by atoms with van der Waals surface area (Å²) < 4.78 is 55.8. The van der Waals surface area contributed by atoms with Gasteiger partial charge in [0.25, 0.3) is 0 Å². The summed E-state index contributed by atoms with van der Waals surface area (Å²) in [4.78, 5) is -0.137. The van der Waals surface area contributed by atoms with E-state index in [1.54, 1.807) is 0 Å². The summed E-state index contributed by atoms with van der Waals surface area (Å²) in [7, 11) is -4.80. The fourth-order valence-electron chi connectivity index (χ4n) is 1.39. The van der Waals surface area contributed by atoms with Crippen LogP contribution in [0.25, 0.3) is 0 Å². The number of hydrogen-bond acceptors (Lipinski definition) is 6. The molecular weight excluding hydrogens is 306 g/mol. The molecule has 0 amide bonds. The largest absolute Gasteiger partial charge is 0.495 e. The highest BCUT2D eigenvalue weighted by molar-refractivity contribution is 7.90. The standard InChI is InChI=1S/C10H17N3O5S2/c1-12-19(14,15)6-5-13-20(16,17)10-7-8(11)3-4-9(10)18-2/h3-4,7,12-13H,5-6,11H2,1-2H3. The number of nitrogens with two attached hydrogens (primary N) is 1. The normalized spacial score (nSPS) is 12.3. The number of ether oxygens (including phenoxy) is 1. The van der Waals surface area contributed by atoms with Crippen LogP contribution in [-0.2, 0) is 20.0 Å². The number of nitrogen functional groups attached to an aromatic ring is 1. The summed E-state index contributed by atoms with van der Waals surface area (Å²) >= 11 is 0. The van der Waals surface area contributed by atoms with Crippen LogP contribution in [0.1, 0.15) is 0 Å². The third kappa shape index (κ3) is 4.34. The van der Waals surface area contributed by atoms with Crippen molar-refractivity contribution in [3.8, 4) is 5.75 Å². The Morgan fingerprint density at radius 3 is 2.45 bits per heavy atom. The Balaban J connectivity index is 2.92. The lowest BCUT2D eigenvalue weighted by atomic mass is 10.3. The Morgan fingerprint density at radius 1 is 1.25 bits per heavy atom. The molecular formula is C10H17N3O5S2. The maximum atomic E-state index is 12.1. The molecule has 0 saturated carbocycles. The van der Waals surface area contributed by atoms with E-state index in [1.807, 2.05) is 0 Å². The molecule has 0 aromatic heterocycles. The first kappa shape index (κ1) is 16.7. The SMILES string of the molecule is CNS(=O)(=O)CCNS(=O)(=O)c1cc(N)ccc1OC. The van der Waals surface area contributed by atoms with Crippen LogP contribution in [0.5, 0.6) is 5.75 Å². The molecule has 0 saturated heterocycles. The van der Waals surface area contributed by atoms with Gasteiger partial charge in [0.05, 0.1) is 12.9 Å². The van der Waals surface area contributed by atoms with Crippen LogP contribution in [0.4, 0.5) is 5.69 Å². The molecule has 1 aromatic carbocycles. The summed E-state index contributed by atoms with van der Waals surface area (Å²) in [5.74, 6) is -0.240. The van der Waals surface area contributed by atoms with Crippen LogP contribution in [0.15, 0.2) is 23.1 Å². The first-order valence-electron chi connectivity index (χ1n) is 5.56. The molecule has 8 nitrogen and oxygen atoms in total. The van der Waals surface area contributed by atoms with Gasteiger partial charge in [0.15, 0.2) is 0 Å². The Bertz CT molecular complexity index is 670. The highest BCUT2D eigenvalue weighted by Crippen LogP contribution is 2.25. The van der Waals surface area contributed by atoms with E-state index in [9.17, 15) is 16.8 Å². The van der Waals surface area contributed by atoms with Crippen molar-refractivity contribution in [2.24, 2.45) is 0 Å². The molecule has 20 heavy (non-hydrogen) atoms. The first-order chi connectivity index (χ1) is 9.22. The van der Waals surface area contributed by atoms with Crippen LogP contribution in [0.3, 0.4) is 0 Å². The van der Waals surface area contributed by atoms with Gasteiger partial charge in [0.2, 0.25) is 20.0 Å². The third-order valence-corrected chi connectivity index (χ3v) is 5.30. The van der Waals surface area contributed by atoms with Gasteiger partial charge in [-0.15, -0.1) is 0 Å². The lowest BCUT2D eigenvalue weighted by Crippen LogP contribution is -2.33. The fourth-order valence-corrected chi connectivity index (χ4v) is 3.33. The van der Waals surface area contributed by atoms with Crippen molar-refractivity contribution in [3.05, 3.63) is 18.2 Å². The van der Waals surface area contributed by atoms with Crippen LogP contribution in [0, 0.1) is 0 Å². The van der Waals surface area contributed by atoms with Gasteiger partial charge >= 0.3 is 0 Å². The van der Waals surface area contributed by atoms with E-state index in [0.717, 1.165) is 0 Å². The molecule has 0 radical (unpaired) electrons. The molecule has 0 fully saturated rings. The molecule has 0 aliphatic heterocycles. The van der Waals surface area contributed by atoms with Crippen molar-refractivity contribution in [1.29, 1.82) is 0 Å². The number of hydrogen-bond donors (Lipinski definition) is 3. The van der Waals surface area contributed by atoms with Gasteiger partial charge in [-0.1, -0.05) is 0 Å². The predicted molar refractivity (Wildman–Crippen MR) is 75.4 cm³/mol. The summed E-state index contributed by atoms with van der Waals surface area (Å²) in [6.45, 7) is -0.260. The van der Waals surface area contributed by atoms with E-state index in [-0.39, 0.29) is 28.6 Å². The molecule has 114 valence electrons. The van der Waals surface area contributed by atoms with Crippen molar-refractivity contribution in [2.45, 2.75) is 4.90 Å². The molecule has 1 aromatic rings. The number of methoxy groups -OCH3 is 1. The van der Waals surface area contributed by atoms with Crippen molar-refractivity contribution in [2.75, 3.05) is 32.2 Å². The summed E-state index contributed by atoms with van der Waals surface area (Å²) in [6, 6.07) is 4.17. The lowest BCUT2D eigenvalue weighted by molar-refractivity contribution is 0.402. The van der Waals surface area contributed by atoms with Crippen molar-refractivity contribution < 1.29 is 21.6 Å². The monoisotopic (exact) mass is 323 g/mol. The predicted octanol–water partition coefficient (Wildman–Crippen LogP) is -0.895. The molecule has 10 heteroatoms. The number of nitrogens with one attached hydrogen (secondary N) is 2. The van der Waals surface area contributed by atoms with E-state index in [0.29, 0.717) is 0 Å². The minimum Gasteiger partial charge on any atom is -0.495 e. The second kappa shape index (κ2) is 6.39. The van der Waals surface area contributed by atoms with Crippen molar-refractivity contribution in [1.82, 2.24) is 9.44 Å². The van der Waals surface area contributed by atoms with Gasteiger partial charge in [-0.2, -0.15) is 0 Å². The minimum absolute atomic E-state index is 0.128. The van der Waals surface area contributed by atoms with E-state index in [4.69, 9.17) is 10.5 Å². The van der Waals surface area contributed by atoms with Crippen LogP contribution < -0.4 is 19.9 Å². The van der Waals surface area contributed by atoms with E-state index >= 15 is 0 Å². The van der Waals surface area contributed by atoms with E-state index in [2.05, 4.69) is 9.44 Å². The number of rotatable bonds is 7. The molecule has 0 spiro atoms. The van der Waals surface area contributed by atoms with E-state index in [1.165, 1.54) is 32.4 Å². The van der Waals surface area contributed by atoms with Gasteiger partial charge in [-0.25, -0.2) is 26.3 Å². The number of anilines is 1. The summed E-state index contributed by atoms with van der Waals surface area (Å²) in [6.07, 6.45) is 0. The van der Waals surface area contributed by atoms with E-state index < -0.39 is 20.0 Å². The zero-order chi connectivity index (χ0) is 15.4. The highest BCUT2D eigenvalue weighted by Gasteiger charge is 2.20. The third-order valence-electron chi connectivity index (χ3n) is 2.45. The van der Waals surface area contributed by atoms with Gasteiger partial charge < -0.3 is 10.5 Å². The molecule has 0 atom stereocenters. The molecule has 0 aliphatic carbocycles. The van der Waals surface area contributed by atoms with Gasteiger partial charge in [0.1, 0.15) is 10.6 Å². The van der Waals surface area contributed by atoms with Crippen molar-refractivity contribution >= 4 is 25.7 Å². The van der Waals surface area contributed by atoms with Gasteiger partial charge in [-0.3, -0.25) is 0 Å².